The third-order valence-corrected chi connectivity index (χ3v) is 4.95. The molecule has 0 aliphatic carbocycles. The first-order valence-electron chi connectivity index (χ1n) is 9.22. The number of aryl methyl sites for hydroxylation is 1. The van der Waals surface area contributed by atoms with E-state index in [0.29, 0.717) is 22.8 Å². The van der Waals surface area contributed by atoms with E-state index in [9.17, 15) is 9.59 Å². The summed E-state index contributed by atoms with van der Waals surface area (Å²) in [6, 6.07) is 14.5. The van der Waals surface area contributed by atoms with Gasteiger partial charge >= 0.3 is 0 Å². The number of aromatic nitrogens is 2. The molecule has 148 valence electrons. The minimum absolute atomic E-state index is 0.144. The molecule has 3 rings (SSSR count). The summed E-state index contributed by atoms with van der Waals surface area (Å²) < 4.78 is 1.89. The molecule has 0 unspecified atom stereocenters. The van der Waals surface area contributed by atoms with Crippen LogP contribution < -0.4 is 5.32 Å². The van der Waals surface area contributed by atoms with E-state index in [1.807, 2.05) is 42.8 Å². The standard InChI is InChI=1S/C23H22ClN3O2/c1-15-21(16(2)27(26-15)14-19-7-4-5-10-22(19)24)11-12-23(29)18-8-6-9-20(13-18)25-17(3)28/h4-13H,14H2,1-3H3,(H,25,28)/b12-11+. The number of amides is 1. The predicted octanol–water partition coefficient (Wildman–Crippen LogP) is 5.06. The highest BCUT2D eigenvalue weighted by molar-refractivity contribution is 6.31. The maximum Gasteiger partial charge on any atom is 0.221 e. The van der Waals surface area contributed by atoms with E-state index in [-0.39, 0.29) is 11.7 Å². The number of ketones is 1. The first kappa shape index (κ1) is 20.6. The zero-order valence-corrected chi connectivity index (χ0v) is 17.3. The Balaban J connectivity index is 1.80. The Labute approximate surface area is 175 Å². The molecule has 0 saturated heterocycles. The Hall–Kier alpha value is -3.18. The maximum atomic E-state index is 12.6. The number of carbonyl (C=O) groups excluding carboxylic acids is 2. The van der Waals surface area contributed by atoms with Gasteiger partial charge in [-0.05, 0) is 49.8 Å². The Morgan fingerprint density at radius 2 is 1.90 bits per heavy atom. The van der Waals surface area contributed by atoms with E-state index in [4.69, 9.17) is 11.6 Å². The lowest BCUT2D eigenvalue weighted by Gasteiger charge is -2.06. The smallest absolute Gasteiger partial charge is 0.221 e. The molecular formula is C23H22ClN3O2. The van der Waals surface area contributed by atoms with Gasteiger partial charge in [0.15, 0.2) is 5.78 Å². The summed E-state index contributed by atoms with van der Waals surface area (Å²) in [5.41, 5.74) is 4.79. The first-order valence-corrected chi connectivity index (χ1v) is 9.60. The molecule has 1 aromatic heterocycles. The quantitative estimate of drug-likeness (QED) is 0.459. The minimum Gasteiger partial charge on any atom is -0.326 e. The Morgan fingerprint density at radius 1 is 1.14 bits per heavy atom. The SMILES string of the molecule is CC(=O)Nc1cccc(C(=O)/C=C/c2c(C)nn(Cc3ccccc3Cl)c2C)c1. The molecule has 1 heterocycles. The van der Waals surface area contributed by atoms with Gasteiger partial charge in [-0.25, -0.2) is 0 Å². The summed E-state index contributed by atoms with van der Waals surface area (Å²) in [5.74, 6) is -0.322. The predicted molar refractivity (Wildman–Crippen MR) is 116 cm³/mol. The normalized spacial score (nSPS) is 11.0. The number of benzene rings is 2. The molecule has 6 heteroatoms. The molecule has 29 heavy (non-hydrogen) atoms. The van der Waals surface area contributed by atoms with Gasteiger partial charge in [-0.2, -0.15) is 5.10 Å². The van der Waals surface area contributed by atoms with Crippen molar-refractivity contribution in [3.8, 4) is 0 Å². The van der Waals surface area contributed by atoms with Gasteiger partial charge in [0.25, 0.3) is 0 Å². The number of hydrogen-bond donors (Lipinski definition) is 1. The summed E-state index contributed by atoms with van der Waals surface area (Å²) in [6.07, 6.45) is 3.32. The molecule has 1 amide bonds. The van der Waals surface area contributed by atoms with Crippen molar-refractivity contribution < 1.29 is 9.59 Å². The second-order valence-electron chi connectivity index (χ2n) is 6.79. The largest absolute Gasteiger partial charge is 0.326 e. The molecule has 3 aromatic rings. The van der Waals surface area contributed by atoms with Crippen LogP contribution in [0.25, 0.3) is 6.08 Å². The Kier molecular flexibility index (Phi) is 6.29. The average Bonchev–Trinajstić information content (AvgIpc) is 2.94. The molecule has 0 atom stereocenters. The number of nitrogens with one attached hydrogen (secondary N) is 1. The van der Waals surface area contributed by atoms with Crippen LogP contribution in [-0.4, -0.2) is 21.5 Å². The molecule has 2 aromatic carbocycles. The molecule has 0 aliphatic rings. The summed E-state index contributed by atoms with van der Waals surface area (Å²) in [6.45, 7) is 5.88. The van der Waals surface area contributed by atoms with Crippen molar-refractivity contribution in [3.63, 3.8) is 0 Å². The lowest BCUT2D eigenvalue weighted by atomic mass is 10.1. The van der Waals surface area contributed by atoms with Crippen molar-refractivity contribution in [2.45, 2.75) is 27.3 Å². The summed E-state index contributed by atoms with van der Waals surface area (Å²) in [7, 11) is 0. The van der Waals surface area contributed by atoms with Crippen LogP contribution >= 0.6 is 11.6 Å². The number of anilines is 1. The molecule has 5 nitrogen and oxygen atoms in total. The van der Waals surface area contributed by atoms with Crippen molar-refractivity contribution in [3.05, 3.63) is 87.7 Å². The van der Waals surface area contributed by atoms with Gasteiger partial charge < -0.3 is 5.32 Å². The molecule has 0 bridgehead atoms. The van der Waals surface area contributed by atoms with E-state index in [1.54, 1.807) is 30.3 Å². The molecule has 0 radical (unpaired) electrons. The number of hydrogen-bond acceptors (Lipinski definition) is 3. The van der Waals surface area contributed by atoms with Crippen molar-refractivity contribution in [2.24, 2.45) is 0 Å². The highest BCUT2D eigenvalue weighted by Crippen LogP contribution is 2.21. The lowest BCUT2D eigenvalue weighted by molar-refractivity contribution is -0.114. The number of rotatable bonds is 6. The van der Waals surface area contributed by atoms with E-state index < -0.39 is 0 Å². The molecular weight excluding hydrogens is 386 g/mol. The van der Waals surface area contributed by atoms with Crippen LogP contribution in [0.3, 0.4) is 0 Å². The maximum absolute atomic E-state index is 12.6. The average molecular weight is 408 g/mol. The highest BCUT2D eigenvalue weighted by Gasteiger charge is 2.12. The van der Waals surface area contributed by atoms with Crippen molar-refractivity contribution in [1.29, 1.82) is 0 Å². The van der Waals surface area contributed by atoms with Gasteiger partial charge in [0.2, 0.25) is 5.91 Å². The third-order valence-electron chi connectivity index (χ3n) is 4.58. The van der Waals surface area contributed by atoms with E-state index >= 15 is 0 Å². The second-order valence-corrected chi connectivity index (χ2v) is 7.20. The lowest BCUT2D eigenvalue weighted by Crippen LogP contribution is -2.06. The highest BCUT2D eigenvalue weighted by atomic mass is 35.5. The van der Waals surface area contributed by atoms with Crippen LogP contribution in [0.4, 0.5) is 5.69 Å². The zero-order chi connectivity index (χ0) is 21.0. The summed E-state index contributed by atoms with van der Waals surface area (Å²) in [4.78, 5) is 23.8. The van der Waals surface area contributed by atoms with Gasteiger partial charge in [-0.1, -0.05) is 41.9 Å². The van der Waals surface area contributed by atoms with E-state index in [0.717, 1.165) is 22.5 Å². The number of allylic oxidation sites excluding steroid dienone is 1. The topological polar surface area (TPSA) is 64.0 Å². The zero-order valence-electron chi connectivity index (χ0n) is 16.6. The van der Waals surface area contributed by atoms with Gasteiger partial charge in [0, 0.05) is 34.5 Å². The Bertz CT molecular complexity index is 1100. The number of nitrogens with zero attached hydrogens (tertiary/aromatic N) is 2. The third kappa shape index (κ3) is 5.00. The first-order chi connectivity index (χ1) is 13.8. The Morgan fingerprint density at radius 3 is 2.62 bits per heavy atom. The molecule has 1 N–H and O–H groups in total. The molecule has 0 saturated carbocycles. The van der Waals surface area contributed by atoms with Gasteiger partial charge in [-0.15, -0.1) is 0 Å². The molecule has 0 spiro atoms. The van der Waals surface area contributed by atoms with Crippen LogP contribution in [0.15, 0.2) is 54.6 Å². The van der Waals surface area contributed by atoms with Gasteiger partial charge in [0.05, 0.1) is 12.2 Å². The minimum atomic E-state index is -0.178. The monoisotopic (exact) mass is 407 g/mol. The van der Waals surface area contributed by atoms with E-state index in [2.05, 4.69) is 10.4 Å². The van der Waals surface area contributed by atoms with Crippen molar-refractivity contribution in [2.75, 3.05) is 5.32 Å². The van der Waals surface area contributed by atoms with E-state index in [1.165, 1.54) is 13.0 Å². The van der Waals surface area contributed by atoms with Gasteiger partial charge in [0.1, 0.15) is 0 Å². The van der Waals surface area contributed by atoms with Crippen molar-refractivity contribution in [1.82, 2.24) is 9.78 Å². The number of halogens is 1. The van der Waals surface area contributed by atoms with Crippen LogP contribution in [0.5, 0.6) is 0 Å². The fraction of sp³-hybridized carbons (Fsp3) is 0.174. The molecule has 0 fully saturated rings. The second kappa shape index (κ2) is 8.88. The fourth-order valence-electron chi connectivity index (χ4n) is 3.10. The summed E-state index contributed by atoms with van der Waals surface area (Å²) in [5, 5.41) is 7.98. The van der Waals surface area contributed by atoms with Crippen LogP contribution in [0.1, 0.15) is 39.8 Å². The van der Waals surface area contributed by atoms with Crippen LogP contribution in [0.2, 0.25) is 5.02 Å². The fourth-order valence-corrected chi connectivity index (χ4v) is 3.30. The van der Waals surface area contributed by atoms with Crippen LogP contribution in [0, 0.1) is 13.8 Å². The van der Waals surface area contributed by atoms with Crippen molar-refractivity contribution >= 4 is 35.1 Å². The summed E-state index contributed by atoms with van der Waals surface area (Å²) >= 11 is 6.26. The van der Waals surface area contributed by atoms with Gasteiger partial charge in [-0.3, -0.25) is 14.3 Å². The van der Waals surface area contributed by atoms with Crippen LogP contribution in [-0.2, 0) is 11.3 Å². The number of carbonyl (C=O) groups is 2. The molecule has 0 aliphatic heterocycles.